The third kappa shape index (κ3) is 2.74. The Morgan fingerprint density at radius 1 is 1.00 bits per heavy atom. The molecular formula is C20H15NO4. The van der Waals surface area contributed by atoms with Crippen molar-refractivity contribution in [2.45, 2.75) is 18.9 Å². The lowest BCUT2D eigenvalue weighted by atomic mass is 10.1. The highest BCUT2D eigenvalue weighted by molar-refractivity contribution is 6.13. The number of fused-ring (bicyclic) bond motifs is 1. The first kappa shape index (κ1) is 15.3. The summed E-state index contributed by atoms with van der Waals surface area (Å²) < 4.78 is 5.43. The molecule has 5 heteroatoms. The van der Waals surface area contributed by atoms with E-state index in [-0.39, 0.29) is 17.9 Å². The molecule has 1 heterocycles. The predicted octanol–water partition coefficient (Wildman–Crippen LogP) is 2.82. The van der Waals surface area contributed by atoms with Crippen molar-refractivity contribution in [2.75, 3.05) is 0 Å². The molecule has 25 heavy (non-hydrogen) atoms. The van der Waals surface area contributed by atoms with E-state index >= 15 is 0 Å². The van der Waals surface area contributed by atoms with Crippen molar-refractivity contribution in [2.24, 2.45) is 0 Å². The van der Waals surface area contributed by atoms with Gasteiger partial charge in [0.15, 0.2) is 0 Å². The summed E-state index contributed by atoms with van der Waals surface area (Å²) in [5.41, 5.74) is 2.42. The Bertz CT molecular complexity index is 883. The van der Waals surface area contributed by atoms with E-state index < -0.39 is 5.97 Å². The van der Waals surface area contributed by atoms with Gasteiger partial charge in [0, 0.05) is 12.2 Å². The van der Waals surface area contributed by atoms with Gasteiger partial charge in [0.1, 0.15) is 5.75 Å². The van der Waals surface area contributed by atoms with Gasteiger partial charge in [-0.15, -0.1) is 0 Å². The Hall–Kier alpha value is -3.21. The second kappa shape index (κ2) is 6.02. The Kier molecular flexibility index (Phi) is 3.69. The second-order valence-electron chi connectivity index (χ2n) is 6.05. The van der Waals surface area contributed by atoms with E-state index in [1.807, 2.05) is 18.2 Å². The van der Waals surface area contributed by atoms with E-state index in [9.17, 15) is 14.4 Å². The number of hydrogen-bond donors (Lipinski definition) is 0. The number of aryl methyl sites for hydroxylation is 1. The number of hydrogen-bond acceptors (Lipinski definition) is 4. The molecular weight excluding hydrogens is 318 g/mol. The normalized spacial score (nSPS) is 18.6. The zero-order valence-electron chi connectivity index (χ0n) is 13.3. The van der Waals surface area contributed by atoms with Crippen LogP contribution in [0.15, 0.2) is 60.7 Å². The van der Waals surface area contributed by atoms with Gasteiger partial charge in [-0.05, 0) is 48.2 Å². The van der Waals surface area contributed by atoms with E-state index in [2.05, 4.69) is 0 Å². The summed E-state index contributed by atoms with van der Waals surface area (Å²) >= 11 is 0. The van der Waals surface area contributed by atoms with Crippen molar-refractivity contribution < 1.29 is 19.1 Å². The average molecular weight is 333 g/mol. The maximum atomic E-state index is 12.1. The Morgan fingerprint density at radius 3 is 2.44 bits per heavy atom. The molecule has 0 saturated heterocycles. The Labute approximate surface area is 144 Å². The van der Waals surface area contributed by atoms with Crippen molar-refractivity contribution in [3.63, 3.8) is 0 Å². The molecule has 2 aromatic rings. The molecule has 0 bridgehead atoms. The van der Waals surface area contributed by atoms with Gasteiger partial charge in [0.25, 0.3) is 11.8 Å². The van der Waals surface area contributed by atoms with E-state index in [0.29, 0.717) is 17.7 Å². The molecule has 0 N–H and O–H groups in total. The number of amides is 2. The van der Waals surface area contributed by atoms with Gasteiger partial charge in [-0.3, -0.25) is 14.5 Å². The highest BCUT2D eigenvalue weighted by Crippen LogP contribution is 2.38. The van der Waals surface area contributed by atoms with Crippen molar-refractivity contribution in [3.8, 4) is 5.75 Å². The highest BCUT2D eigenvalue weighted by Gasteiger charge is 2.36. The average Bonchev–Trinajstić information content (AvgIpc) is 3.18. The maximum absolute atomic E-state index is 12.1. The van der Waals surface area contributed by atoms with E-state index in [0.717, 1.165) is 17.5 Å². The van der Waals surface area contributed by atoms with E-state index in [4.69, 9.17) is 4.74 Å². The van der Waals surface area contributed by atoms with Crippen LogP contribution in [0.1, 0.15) is 33.9 Å². The zero-order chi connectivity index (χ0) is 17.4. The lowest BCUT2D eigenvalue weighted by Gasteiger charge is -2.22. The van der Waals surface area contributed by atoms with Gasteiger partial charge >= 0.3 is 5.97 Å². The fourth-order valence-electron chi connectivity index (χ4n) is 3.36. The second-order valence-corrected chi connectivity index (χ2v) is 6.05. The van der Waals surface area contributed by atoms with E-state index in [1.54, 1.807) is 30.3 Å². The summed E-state index contributed by atoms with van der Waals surface area (Å²) in [5, 5.41) is 0. The molecule has 2 aromatic carbocycles. The van der Waals surface area contributed by atoms with Gasteiger partial charge < -0.3 is 4.74 Å². The van der Waals surface area contributed by atoms with Crippen LogP contribution in [0.4, 0.5) is 0 Å². The zero-order valence-corrected chi connectivity index (χ0v) is 13.3. The number of carbonyl (C=O) groups excluding carboxylic acids is 3. The minimum atomic E-state index is -0.413. The molecule has 1 aliphatic carbocycles. The summed E-state index contributed by atoms with van der Waals surface area (Å²) in [7, 11) is 0. The predicted molar refractivity (Wildman–Crippen MR) is 89.9 cm³/mol. The third-order valence-electron chi connectivity index (χ3n) is 4.54. The van der Waals surface area contributed by atoms with Crippen LogP contribution in [0.25, 0.3) is 0 Å². The Balaban J connectivity index is 1.55. The van der Waals surface area contributed by atoms with Gasteiger partial charge in [0.2, 0.25) is 0 Å². The summed E-state index contributed by atoms with van der Waals surface area (Å²) in [6, 6.07) is 13.9. The van der Waals surface area contributed by atoms with Crippen LogP contribution < -0.4 is 4.74 Å². The minimum absolute atomic E-state index is 0.246. The molecule has 1 aliphatic heterocycles. The lowest BCUT2D eigenvalue weighted by Crippen LogP contribution is -2.33. The SMILES string of the molecule is O=C(Oc1ccc2c(c1)CC[C@@H]2N1C(=O)C=CC1=O)c1ccccc1. The van der Waals surface area contributed by atoms with E-state index in [1.165, 1.54) is 17.1 Å². The van der Waals surface area contributed by atoms with Crippen LogP contribution in [-0.2, 0) is 16.0 Å². The van der Waals surface area contributed by atoms with Crippen LogP contribution in [0.3, 0.4) is 0 Å². The summed E-state index contributed by atoms with van der Waals surface area (Å²) in [5.74, 6) is -0.500. The fraction of sp³-hybridized carbons (Fsp3) is 0.150. The molecule has 0 unspecified atom stereocenters. The van der Waals surface area contributed by atoms with Crippen LogP contribution >= 0.6 is 0 Å². The topological polar surface area (TPSA) is 63.7 Å². The first-order valence-electron chi connectivity index (χ1n) is 8.09. The van der Waals surface area contributed by atoms with Crippen molar-refractivity contribution in [1.29, 1.82) is 0 Å². The molecule has 0 saturated carbocycles. The fourth-order valence-corrected chi connectivity index (χ4v) is 3.36. The first-order chi connectivity index (χ1) is 12.1. The number of rotatable bonds is 3. The largest absolute Gasteiger partial charge is 0.423 e. The van der Waals surface area contributed by atoms with Gasteiger partial charge in [-0.2, -0.15) is 0 Å². The summed E-state index contributed by atoms with van der Waals surface area (Å²) in [6.07, 6.45) is 4.02. The molecule has 0 spiro atoms. The van der Waals surface area contributed by atoms with Crippen LogP contribution in [0.2, 0.25) is 0 Å². The number of ether oxygens (including phenoxy) is 1. The maximum Gasteiger partial charge on any atom is 0.343 e. The molecule has 0 aromatic heterocycles. The van der Waals surface area contributed by atoms with Crippen LogP contribution in [0.5, 0.6) is 5.75 Å². The quantitative estimate of drug-likeness (QED) is 0.492. The number of imide groups is 1. The summed E-state index contributed by atoms with van der Waals surface area (Å²) in [4.78, 5) is 37.2. The van der Waals surface area contributed by atoms with Gasteiger partial charge in [-0.25, -0.2) is 4.79 Å². The monoisotopic (exact) mass is 333 g/mol. The van der Waals surface area contributed by atoms with Gasteiger partial charge in [0.05, 0.1) is 11.6 Å². The van der Waals surface area contributed by atoms with Crippen molar-refractivity contribution >= 4 is 17.8 Å². The third-order valence-corrected chi connectivity index (χ3v) is 4.54. The molecule has 1 atom stereocenters. The van der Waals surface area contributed by atoms with Crippen LogP contribution in [0, 0.1) is 0 Å². The standard InChI is InChI=1S/C20H15NO4/c22-18-10-11-19(23)21(18)17-9-6-14-12-15(7-8-16(14)17)25-20(24)13-4-2-1-3-5-13/h1-5,7-8,10-12,17H,6,9H2/t17-/m0/s1. The smallest absolute Gasteiger partial charge is 0.343 e. The highest BCUT2D eigenvalue weighted by atomic mass is 16.5. The molecule has 0 radical (unpaired) electrons. The van der Waals surface area contributed by atoms with Crippen LogP contribution in [-0.4, -0.2) is 22.7 Å². The van der Waals surface area contributed by atoms with Crippen molar-refractivity contribution in [1.82, 2.24) is 4.90 Å². The first-order valence-corrected chi connectivity index (χ1v) is 8.09. The molecule has 2 aliphatic rings. The number of carbonyl (C=O) groups is 3. The molecule has 4 rings (SSSR count). The Morgan fingerprint density at radius 2 is 1.72 bits per heavy atom. The molecule has 124 valence electrons. The lowest BCUT2D eigenvalue weighted by molar-refractivity contribution is -0.139. The number of nitrogens with zero attached hydrogens (tertiary/aromatic N) is 1. The molecule has 5 nitrogen and oxygen atoms in total. The van der Waals surface area contributed by atoms with Crippen molar-refractivity contribution in [3.05, 3.63) is 77.4 Å². The molecule has 2 amide bonds. The minimum Gasteiger partial charge on any atom is -0.423 e. The number of esters is 1. The van der Waals surface area contributed by atoms with Gasteiger partial charge in [-0.1, -0.05) is 24.3 Å². The molecule has 0 fully saturated rings. The number of benzene rings is 2. The summed E-state index contributed by atoms with van der Waals surface area (Å²) in [6.45, 7) is 0.